The van der Waals surface area contributed by atoms with Crippen molar-refractivity contribution in [3.63, 3.8) is 0 Å². The molecule has 1 fully saturated rings. The first-order valence-corrected chi connectivity index (χ1v) is 7.59. The van der Waals surface area contributed by atoms with Crippen molar-refractivity contribution in [3.05, 3.63) is 40.3 Å². The van der Waals surface area contributed by atoms with Gasteiger partial charge in [0.25, 0.3) is 5.91 Å². The quantitative estimate of drug-likeness (QED) is 0.217. The van der Waals surface area contributed by atoms with Gasteiger partial charge in [0, 0.05) is 6.08 Å². The van der Waals surface area contributed by atoms with Gasteiger partial charge in [-0.3, -0.25) is 10.1 Å². The molecule has 0 aliphatic carbocycles. The van der Waals surface area contributed by atoms with Crippen molar-refractivity contribution in [1.82, 2.24) is 5.32 Å². The van der Waals surface area contributed by atoms with Gasteiger partial charge in [0.15, 0.2) is 5.17 Å². The van der Waals surface area contributed by atoms with Crippen LogP contribution >= 0.6 is 11.8 Å². The van der Waals surface area contributed by atoms with Gasteiger partial charge in [-0.05, 0) is 35.3 Å². The number of methoxy groups -OCH3 is 1. The first kappa shape index (κ1) is 17.9. The van der Waals surface area contributed by atoms with Crippen molar-refractivity contribution in [2.24, 2.45) is 10.2 Å². The van der Waals surface area contributed by atoms with E-state index in [0.717, 1.165) is 23.4 Å². The topological polar surface area (TPSA) is 121 Å². The molecule has 24 heavy (non-hydrogen) atoms. The molecule has 0 atom stereocenters. The summed E-state index contributed by atoms with van der Waals surface area (Å²) in [5.74, 6) is -1.09. The molecule has 1 aliphatic rings. The van der Waals surface area contributed by atoms with Crippen molar-refractivity contribution >= 4 is 47.6 Å². The summed E-state index contributed by atoms with van der Waals surface area (Å²) < 4.78 is 4.46. The van der Waals surface area contributed by atoms with Crippen LogP contribution in [0.3, 0.4) is 0 Å². The number of benzene rings is 1. The van der Waals surface area contributed by atoms with E-state index in [0.29, 0.717) is 11.0 Å². The second-order valence-corrected chi connectivity index (χ2v) is 5.76. The Labute approximate surface area is 142 Å². The molecule has 8 nitrogen and oxygen atoms in total. The van der Waals surface area contributed by atoms with E-state index in [1.165, 1.54) is 13.3 Å². The molecule has 0 radical (unpaired) electrons. The Hall–Kier alpha value is -2.43. The third-order valence-electron chi connectivity index (χ3n) is 3.05. The number of carbonyl (C=O) groups excluding carboxylic acids is 2. The summed E-state index contributed by atoms with van der Waals surface area (Å²) in [6.07, 6.45) is 2.51. The van der Waals surface area contributed by atoms with Crippen molar-refractivity contribution in [2.75, 3.05) is 7.11 Å². The molecule has 1 saturated heterocycles. The molecule has 0 aromatic heterocycles. The lowest BCUT2D eigenvalue weighted by Gasteiger charge is -2.03. The highest BCUT2D eigenvalue weighted by atomic mass is 32.2. The number of hydrogen-bond donors (Lipinski definition) is 3. The zero-order valence-corrected chi connectivity index (χ0v) is 13.7. The molecule has 3 N–H and O–H groups in total. The number of hydrogen-bond acceptors (Lipinski definition) is 8. The second kappa shape index (κ2) is 7.91. The third-order valence-corrected chi connectivity index (χ3v) is 3.95. The van der Waals surface area contributed by atoms with Crippen LogP contribution in [0.15, 0.2) is 39.4 Å². The van der Waals surface area contributed by atoms with Gasteiger partial charge in [0.05, 0.1) is 18.2 Å². The summed E-state index contributed by atoms with van der Waals surface area (Å²) in [6, 6.07) is 4.90. The predicted molar refractivity (Wildman–Crippen MR) is 91.9 cm³/mol. The lowest BCUT2D eigenvalue weighted by atomic mass is 9.79. The number of amides is 1. The number of amidine groups is 1. The van der Waals surface area contributed by atoms with Gasteiger partial charge in [-0.15, -0.1) is 5.10 Å². The van der Waals surface area contributed by atoms with E-state index in [-0.39, 0.29) is 10.1 Å². The smallest absolute Gasteiger partial charge is 0.466 e. The molecule has 10 heteroatoms. The van der Waals surface area contributed by atoms with Crippen LogP contribution in [0.5, 0.6) is 0 Å². The van der Waals surface area contributed by atoms with Crippen LogP contribution in [-0.2, 0) is 14.3 Å². The van der Waals surface area contributed by atoms with E-state index >= 15 is 0 Å². The fourth-order valence-corrected chi connectivity index (χ4v) is 2.48. The Balaban J connectivity index is 2.13. The molecule has 0 bridgehead atoms. The largest absolute Gasteiger partial charge is 0.488 e. The maximum Gasteiger partial charge on any atom is 0.488 e. The number of aryl methyl sites for hydroxylation is 1. The molecule has 2 rings (SSSR count). The van der Waals surface area contributed by atoms with E-state index in [1.54, 1.807) is 18.2 Å². The number of esters is 1. The predicted octanol–water partition coefficient (Wildman–Crippen LogP) is -0.715. The van der Waals surface area contributed by atoms with Crippen LogP contribution in [0.4, 0.5) is 0 Å². The first-order chi connectivity index (χ1) is 11.4. The highest BCUT2D eigenvalue weighted by molar-refractivity contribution is 8.18. The van der Waals surface area contributed by atoms with E-state index in [9.17, 15) is 19.6 Å². The number of nitrogens with zero attached hydrogens (tertiary/aromatic N) is 2. The second-order valence-electron chi connectivity index (χ2n) is 4.73. The van der Waals surface area contributed by atoms with Crippen LogP contribution in [-0.4, -0.2) is 47.5 Å². The lowest BCUT2D eigenvalue weighted by Crippen LogP contribution is -2.30. The molecular weight excluding hydrogens is 333 g/mol. The van der Waals surface area contributed by atoms with Gasteiger partial charge < -0.3 is 14.8 Å². The Morgan fingerprint density at radius 1 is 1.42 bits per heavy atom. The van der Waals surface area contributed by atoms with Gasteiger partial charge in [-0.25, -0.2) is 4.79 Å². The van der Waals surface area contributed by atoms with Gasteiger partial charge in [-0.2, -0.15) is 5.10 Å². The highest BCUT2D eigenvalue weighted by Crippen LogP contribution is 2.23. The van der Waals surface area contributed by atoms with Gasteiger partial charge in [0.1, 0.15) is 0 Å². The zero-order valence-electron chi connectivity index (χ0n) is 12.9. The standard InChI is InChI=1S/C14H14BN3O5S/c1-8-3-4-10(15(21)22)5-9(8)7-16-18-14-17-13(20)11(24-14)6-12(19)23-2/h3-7,21-22H,1-2H3,(H,17,18,20)/b11-6+,16-7?. The first-order valence-electron chi connectivity index (χ1n) is 6.77. The number of ether oxygens (including phenoxy) is 1. The fraction of sp³-hybridized carbons (Fsp3) is 0.143. The van der Waals surface area contributed by atoms with Crippen LogP contribution in [0, 0.1) is 6.92 Å². The minimum Gasteiger partial charge on any atom is -0.466 e. The van der Waals surface area contributed by atoms with E-state index < -0.39 is 19.0 Å². The monoisotopic (exact) mass is 347 g/mol. The molecule has 1 amide bonds. The SMILES string of the molecule is COC(=O)/C=C1/S/C(=N\N=Cc2cc(B(O)O)ccc2C)NC1=O. The van der Waals surface area contributed by atoms with Crippen molar-refractivity contribution in [1.29, 1.82) is 0 Å². The van der Waals surface area contributed by atoms with Gasteiger partial charge in [-0.1, -0.05) is 18.2 Å². The number of carbonyl (C=O) groups is 2. The van der Waals surface area contributed by atoms with Gasteiger partial charge in [0.2, 0.25) is 0 Å². The minimum absolute atomic E-state index is 0.164. The van der Waals surface area contributed by atoms with Crippen molar-refractivity contribution in [2.45, 2.75) is 6.92 Å². The van der Waals surface area contributed by atoms with E-state index in [1.807, 2.05) is 6.92 Å². The molecule has 1 aliphatic heterocycles. The number of nitrogens with one attached hydrogen (secondary N) is 1. The van der Waals surface area contributed by atoms with Gasteiger partial charge >= 0.3 is 13.1 Å². The summed E-state index contributed by atoms with van der Waals surface area (Å²) in [6.45, 7) is 1.84. The third kappa shape index (κ3) is 4.54. The molecule has 0 saturated carbocycles. The molecule has 1 heterocycles. The van der Waals surface area contributed by atoms with Crippen LogP contribution in [0.2, 0.25) is 0 Å². The average molecular weight is 347 g/mol. The maximum absolute atomic E-state index is 11.6. The Kier molecular flexibility index (Phi) is 5.90. The van der Waals surface area contributed by atoms with Crippen molar-refractivity contribution in [3.8, 4) is 0 Å². The maximum atomic E-state index is 11.6. The minimum atomic E-state index is -1.57. The Morgan fingerprint density at radius 2 is 2.17 bits per heavy atom. The highest BCUT2D eigenvalue weighted by Gasteiger charge is 2.25. The summed E-state index contributed by atoms with van der Waals surface area (Å²) in [7, 11) is -0.351. The summed E-state index contributed by atoms with van der Waals surface area (Å²) in [5, 5.41) is 28.8. The average Bonchev–Trinajstić information content (AvgIpc) is 2.88. The Bertz CT molecular complexity index is 761. The van der Waals surface area contributed by atoms with Crippen LogP contribution < -0.4 is 10.8 Å². The molecular formula is C14H14BN3O5S. The zero-order chi connectivity index (χ0) is 17.7. The molecule has 124 valence electrons. The fourth-order valence-electron chi connectivity index (χ4n) is 1.74. The van der Waals surface area contributed by atoms with E-state index in [4.69, 9.17) is 0 Å². The van der Waals surface area contributed by atoms with Crippen molar-refractivity contribution < 1.29 is 24.4 Å². The Morgan fingerprint density at radius 3 is 2.83 bits per heavy atom. The van der Waals surface area contributed by atoms with Crippen LogP contribution in [0.25, 0.3) is 0 Å². The molecule has 0 spiro atoms. The number of rotatable bonds is 4. The molecule has 1 aromatic rings. The molecule has 1 aromatic carbocycles. The summed E-state index contributed by atoms with van der Waals surface area (Å²) in [4.78, 5) is 23.0. The summed E-state index contributed by atoms with van der Waals surface area (Å²) >= 11 is 0.966. The van der Waals surface area contributed by atoms with Crippen LogP contribution in [0.1, 0.15) is 11.1 Å². The summed E-state index contributed by atoms with van der Waals surface area (Å²) in [5.41, 5.74) is 1.86. The van der Waals surface area contributed by atoms with E-state index in [2.05, 4.69) is 20.3 Å². The number of thioether (sulfide) groups is 1. The lowest BCUT2D eigenvalue weighted by molar-refractivity contribution is -0.135. The molecule has 0 unspecified atom stereocenters. The normalized spacial score (nSPS) is 17.6.